The number of hydrogen-bond donors (Lipinski definition) is 1. The molecule has 4 heteroatoms. The van der Waals surface area contributed by atoms with Crippen LogP contribution in [0.15, 0.2) is 0 Å². The summed E-state index contributed by atoms with van der Waals surface area (Å²) < 4.78 is 29.5. The van der Waals surface area contributed by atoms with Gasteiger partial charge in [-0.05, 0) is 0 Å². The van der Waals surface area contributed by atoms with Gasteiger partial charge in [0.2, 0.25) is 0 Å². The molecule has 2 fully saturated rings. The fourth-order valence-electron chi connectivity index (χ4n) is 1.44. The van der Waals surface area contributed by atoms with Crippen molar-refractivity contribution in [2.24, 2.45) is 0 Å². The topological polar surface area (TPSA) is 21.3 Å². The Kier molecular flexibility index (Phi) is 1.61. The van der Waals surface area contributed by atoms with E-state index in [1.165, 1.54) is 0 Å². The molecule has 0 bridgehead atoms. The van der Waals surface area contributed by atoms with Gasteiger partial charge in [-0.25, -0.2) is 8.78 Å². The highest BCUT2D eigenvalue weighted by Crippen LogP contribution is 2.37. The van der Waals surface area contributed by atoms with Crippen molar-refractivity contribution >= 4 is 0 Å². The van der Waals surface area contributed by atoms with Crippen LogP contribution in [0.1, 0.15) is 12.8 Å². The molecule has 0 aromatic rings. The van der Waals surface area contributed by atoms with Crippen LogP contribution >= 0.6 is 0 Å². The van der Waals surface area contributed by atoms with E-state index in [2.05, 4.69) is 5.32 Å². The van der Waals surface area contributed by atoms with Gasteiger partial charge in [0.25, 0.3) is 5.92 Å². The smallest absolute Gasteiger partial charge is 0.251 e. The molecule has 1 saturated heterocycles. The van der Waals surface area contributed by atoms with E-state index in [-0.39, 0.29) is 18.9 Å². The molecule has 0 radical (unpaired) electrons. The van der Waals surface area contributed by atoms with E-state index in [4.69, 9.17) is 4.74 Å². The molecule has 0 spiro atoms. The van der Waals surface area contributed by atoms with Crippen LogP contribution in [-0.2, 0) is 4.74 Å². The zero-order chi connectivity index (χ0) is 7.90. The predicted molar refractivity (Wildman–Crippen MR) is 35.7 cm³/mol. The van der Waals surface area contributed by atoms with Gasteiger partial charge in [0.05, 0.1) is 19.3 Å². The molecule has 2 aliphatic rings. The van der Waals surface area contributed by atoms with Crippen LogP contribution < -0.4 is 5.32 Å². The molecule has 1 N–H and O–H groups in total. The molecule has 0 aromatic heterocycles. The quantitative estimate of drug-likeness (QED) is 0.649. The third kappa shape index (κ3) is 1.51. The first-order chi connectivity index (χ1) is 5.16. The summed E-state index contributed by atoms with van der Waals surface area (Å²) in [6, 6.07) is 0.356. The van der Waals surface area contributed by atoms with E-state index in [9.17, 15) is 8.78 Å². The van der Waals surface area contributed by atoms with Crippen LogP contribution in [0, 0.1) is 0 Å². The molecule has 0 aromatic carbocycles. The van der Waals surface area contributed by atoms with E-state index < -0.39 is 5.92 Å². The summed E-state index contributed by atoms with van der Waals surface area (Å²) in [4.78, 5) is 0. The highest BCUT2D eigenvalue weighted by atomic mass is 19.3. The molecule has 1 saturated carbocycles. The average Bonchev–Trinajstić information content (AvgIpc) is 1.73. The Morgan fingerprint density at radius 2 is 1.82 bits per heavy atom. The number of nitrogens with one attached hydrogen (secondary N) is 1. The predicted octanol–water partition coefficient (Wildman–Crippen LogP) is 0.772. The number of rotatable bonds is 2. The molecular formula is C7H11F2NO. The highest BCUT2D eigenvalue weighted by Gasteiger charge is 2.46. The Morgan fingerprint density at radius 3 is 2.18 bits per heavy atom. The Labute approximate surface area is 63.9 Å². The van der Waals surface area contributed by atoms with Gasteiger partial charge in [-0.3, -0.25) is 0 Å². The molecule has 1 aliphatic heterocycles. The fourth-order valence-corrected chi connectivity index (χ4v) is 1.44. The number of ether oxygens (including phenoxy) is 1. The number of halogens is 2. The van der Waals surface area contributed by atoms with Crippen molar-refractivity contribution in [2.45, 2.75) is 30.8 Å². The zero-order valence-corrected chi connectivity index (χ0v) is 6.15. The second kappa shape index (κ2) is 2.38. The van der Waals surface area contributed by atoms with Crippen molar-refractivity contribution in [3.05, 3.63) is 0 Å². The van der Waals surface area contributed by atoms with E-state index in [1.807, 2.05) is 0 Å². The first-order valence-electron chi connectivity index (χ1n) is 3.87. The monoisotopic (exact) mass is 163 g/mol. The fraction of sp³-hybridized carbons (Fsp3) is 1.00. The van der Waals surface area contributed by atoms with Crippen LogP contribution in [-0.4, -0.2) is 31.2 Å². The van der Waals surface area contributed by atoms with Crippen LogP contribution in [0.25, 0.3) is 0 Å². The Bertz CT molecular complexity index is 151. The van der Waals surface area contributed by atoms with Crippen molar-refractivity contribution in [3.8, 4) is 0 Å². The zero-order valence-electron chi connectivity index (χ0n) is 6.15. The molecule has 11 heavy (non-hydrogen) atoms. The first-order valence-corrected chi connectivity index (χ1v) is 3.87. The first kappa shape index (κ1) is 7.43. The summed E-state index contributed by atoms with van der Waals surface area (Å²) in [5.74, 6) is -2.40. The minimum absolute atomic E-state index is 0.00347. The third-order valence-electron chi connectivity index (χ3n) is 2.20. The second-order valence-corrected chi connectivity index (χ2v) is 3.36. The lowest BCUT2D eigenvalue weighted by Gasteiger charge is -2.40. The van der Waals surface area contributed by atoms with E-state index >= 15 is 0 Å². The Morgan fingerprint density at radius 1 is 1.18 bits per heavy atom. The van der Waals surface area contributed by atoms with Crippen molar-refractivity contribution in [2.75, 3.05) is 13.2 Å². The van der Waals surface area contributed by atoms with Gasteiger partial charge in [0.15, 0.2) is 0 Å². The minimum atomic E-state index is -2.40. The molecule has 0 unspecified atom stereocenters. The normalized spacial score (nSPS) is 31.1. The molecule has 2 rings (SSSR count). The lowest BCUT2D eigenvalue weighted by atomic mass is 9.87. The SMILES string of the molecule is FC1(F)CC(NC2COC2)C1. The van der Waals surface area contributed by atoms with Crippen molar-refractivity contribution in [1.82, 2.24) is 5.32 Å². The summed E-state index contributed by atoms with van der Waals surface area (Å²) in [5, 5.41) is 3.10. The number of hydrogen-bond acceptors (Lipinski definition) is 2. The van der Waals surface area contributed by atoms with Gasteiger partial charge >= 0.3 is 0 Å². The maximum Gasteiger partial charge on any atom is 0.251 e. The average molecular weight is 163 g/mol. The molecule has 1 aliphatic carbocycles. The summed E-state index contributed by atoms with van der Waals surface area (Å²) in [5.41, 5.74) is 0. The van der Waals surface area contributed by atoms with Crippen molar-refractivity contribution in [1.29, 1.82) is 0 Å². The molecule has 2 nitrogen and oxygen atoms in total. The largest absolute Gasteiger partial charge is 0.378 e. The molecule has 0 amide bonds. The maximum atomic E-state index is 12.3. The molecule has 0 atom stereocenters. The molecule has 1 heterocycles. The van der Waals surface area contributed by atoms with E-state index in [0.717, 1.165) is 0 Å². The van der Waals surface area contributed by atoms with Gasteiger partial charge in [-0.15, -0.1) is 0 Å². The number of alkyl halides is 2. The van der Waals surface area contributed by atoms with E-state index in [0.29, 0.717) is 19.3 Å². The van der Waals surface area contributed by atoms with Crippen LogP contribution in [0.3, 0.4) is 0 Å². The van der Waals surface area contributed by atoms with E-state index in [1.54, 1.807) is 0 Å². The summed E-state index contributed by atoms with van der Waals surface area (Å²) in [7, 11) is 0. The Balaban J connectivity index is 1.67. The van der Waals surface area contributed by atoms with Crippen molar-refractivity contribution < 1.29 is 13.5 Å². The molecular weight excluding hydrogens is 152 g/mol. The molecule has 64 valence electrons. The third-order valence-corrected chi connectivity index (χ3v) is 2.20. The lowest BCUT2D eigenvalue weighted by molar-refractivity contribution is -0.107. The van der Waals surface area contributed by atoms with Gasteiger partial charge in [0.1, 0.15) is 0 Å². The Hall–Kier alpha value is -0.220. The van der Waals surface area contributed by atoms with Gasteiger partial charge in [-0.2, -0.15) is 0 Å². The van der Waals surface area contributed by atoms with Crippen LogP contribution in [0.5, 0.6) is 0 Å². The van der Waals surface area contributed by atoms with Crippen LogP contribution in [0.4, 0.5) is 8.78 Å². The summed E-state index contributed by atoms with van der Waals surface area (Å²) in [6.45, 7) is 1.37. The maximum absolute atomic E-state index is 12.3. The van der Waals surface area contributed by atoms with Gasteiger partial charge < -0.3 is 10.1 Å². The summed E-state index contributed by atoms with van der Waals surface area (Å²) in [6.07, 6.45) is 0.00694. The van der Waals surface area contributed by atoms with Crippen molar-refractivity contribution in [3.63, 3.8) is 0 Å². The lowest BCUT2D eigenvalue weighted by Crippen LogP contribution is -2.57. The summed E-state index contributed by atoms with van der Waals surface area (Å²) >= 11 is 0. The highest BCUT2D eigenvalue weighted by molar-refractivity contribution is 4.93. The van der Waals surface area contributed by atoms with Gasteiger partial charge in [0, 0.05) is 18.9 Å². The van der Waals surface area contributed by atoms with Gasteiger partial charge in [-0.1, -0.05) is 0 Å². The standard InChI is InChI=1S/C7H11F2NO/c8-7(9)1-5(2-7)10-6-3-11-4-6/h5-6,10H,1-4H2. The van der Waals surface area contributed by atoms with Crippen LogP contribution in [0.2, 0.25) is 0 Å². The minimum Gasteiger partial charge on any atom is -0.378 e. The second-order valence-electron chi connectivity index (χ2n) is 3.36.